The lowest BCUT2D eigenvalue weighted by molar-refractivity contribution is -0.154. The lowest BCUT2D eigenvalue weighted by atomic mass is 9.71. The van der Waals surface area contributed by atoms with Crippen LogP contribution in [-0.4, -0.2) is 24.2 Å². The predicted octanol–water partition coefficient (Wildman–Crippen LogP) is 2.50. The normalized spacial score (nSPS) is 37.8. The van der Waals surface area contributed by atoms with Gasteiger partial charge in [-0.2, -0.15) is 0 Å². The number of ether oxygens (including phenoxy) is 1. The fourth-order valence-corrected chi connectivity index (χ4v) is 3.36. The van der Waals surface area contributed by atoms with Crippen LogP contribution in [0, 0.1) is 11.8 Å². The molecular weight excluding hydrogens is 214 g/mol. The minimum absolute atomic E-state index is 0.0229. The van der Waals surface area contributed by atoms with E-state index in [0.29, 0.717) is 24.5 Å². The van der Waals surface area contributed by atoms with Crippen molar-refractivity contribution in [3.63, 3.8) is 0 Å². The summed E-state index contributed by atoms with van der Waals surface area (Å²) >= 11 is 0. The number of esters is 1. The summed E-state index contributed by atoms with van der Waals surface area (Å²) in [5.41, 5.74) is -0.395. The minimum atomic E-state index is -0.395. The van der Waals surface area contributed by atoms with Gasteiger partial charge in [-0.1, -0.05) is 13.8 Å². The molecule has 17 heavy (non-hydrogen) atoms. The highest BCUT2D eigenvalue weighted by Gasteiger charge is 2.47. The fraction of sp³-hybridized carbons (Fsp3) is 0.929. The van der Waals surface area contributed by atoms with Crippen molar-refractivity contribution in [2.45, 2.75) is 64.5 Å². The van der Waals surface area contributed by atoms with Gasteiger partial charge >= 0.3 is 5.97 Å². The van der Waals surface area contributed by atoms with Crippen molar-refractivity contribution in [1.29, 1.82) is 0 Å². The summed E-state index contributed by atoms with van der Waals surface area (Å²) in [4.78, 5) is 12.3. The molecule has 0 heterocycles. The topological polar surface area (TPSA) is 38.3 Å². The molecule has 2 unspecified atom stereocenters. The molecule has 2 aliphatic rings. The van der Waals surface area contributed by atoms with E-state index in [4.69, 9.17) is 4.74 Å². The SMILES string of the molecule is CCOC(=O)C1(NC2CC2)CC(C)CC(C)C1. The van der Waals surface area contributed by atoms with Gasteiger partial charge in [-0.3, -0.25) is 10.1 Å². The largest absolute Gasteiger partial charge is 0.465 e. The molecule has 3 nitrogen and oxygen atoms in total. The molecule has 0 bridgehead atoms. The third-order valence-corrected chi connectivity index (χ3v) is 3.92. The number of carbonyl (C=O) groups is 1. The maximum absolute atomic E-state index is 12.3. The molecule has 0 spiro atoms. The highest BCUT2D eigenvalue weighted by molar-refractivity contribution is 5.81. The van der Waals surface area contributed by atoms with Gasteiger partial charge in [-0.25, -0.2) is 0 Å². The van der Waals surface area contributed by atoms with Crippen molar-refractivity contribution in [2.75, 3.05) is 6.61 Å². The van der Waals surface area contributed by atoms with Crippen LogP contribution in [0.5, 0.6) is 0 Å². The third-order valence-electron chi connectivity index (χ3n) is 3.92. The van der Waals surface area contributed by atoms with E-state index in [0.717, 1.165) is 12.8 Å². The van der Waals surface area contributed by atoms with Gasteiger partial charge in [0.2, 0.25) is 0 Å². The first kappa shape index (κ1) is 12.9. The molecule has 0 radical (unpaired) electrons. The molecule has 0 aromatic heterocycles. The molecule has 1 N–H and O–H groups in total. The zero-order chi connectivity index (χ0) is 12.5. The van der Waals surface area contributed by atoms with Crippen LogP contribution in [0.2, 0.25) is 0 Å². The minimum Gasteiger partial charge on any atom is -0.465 e. The van der Waals surface area contributed by atoms with Crippen LogP contribution in [0.3, 0.4) is 0 Å². The molecular formula is C14H25NO2. The first-order valence-corrected chi connectivity index (χ1v) is 7.00. The Hall–Kier alpha value is -0.570. The Bertz CT molecular complexity index is 270. The van der Waals surface area contributed by atoms with Gasteiger partial charge in [-0.05, 0) is 50.9 Å². The second-order valence-electron chi connectivity index (χ2n) is 6.08. The Morgan fingerprint density at radius 2 is 1.88 bits per heavy atom. The number of rotatable bonds is 4. The van der Waals surface area contributed by atoms with Crippen LogP contribution in [-0.2, 0) is 9.53 Å². The Labute approximate surface area is 104 Å². The molecule has 2 fully saturated rings. The zero-order valence-electron chi connectivity index (χ0n) is 11.3. The van der Waals surface area contributed by atoms with Crippen molar-refractivity contribution in [2.24, 2.45) is 11.8 Å². The lowest BCUT2D eigenvalue weighted by Crippen LogP contribution is -2.57. The predicted molar refractivity (Wildman–Crippen MR) is 67.7 cm³/mol. The van der Waals surface area contributed by atoms with Gasteiger partial charge in [0, 0.05) is 6.04 Å². The summed E-state index contributed by atoms with van der Waals surface area (Å²) in [6, 6.07) is 0.553. The van der Waals surface area contributed by atoms with Crippen LogP contribution in [0.1, 0.15) is 52.9 Å². The maximum Gasteiger partial charge on any atom is 0.326 e. The standard InChI is InChI=1S/C14H25NO2/c1-4-17-13(16)14(15-12-5-6-12)8-10(2)7-11(3)9-14/h10-12,15H,4-9H2,1-3H3. The smallest absolute Gasteiger partial charge is 0.326 e. The monoisotopic (exact) mass is 239 g/mol. The molecule has 0 aromatic carbocycles. The second kappa shape index (κ2) is 4.97. The van der Waals surface area contributed by atoms with E-state index in [1.807, 2.05) is 6.92 Å². The Balaban J connectivity index is 2.12. The van der Waals surface area contributed by atoms with Crippen molar-refractivity contribution < 1.29 is 9.53 Å². The molecule has 98 valence electrons. The highest BCUT2D eigenvalue weighted by atomic mass is 16.5. The third kappa shape index (κ3) is 3.01. The van der Waals surface area contributed by atoms with Gasteiger partial charge in [0.1, 0.15) is 5.54 Å². The van der Waals surface area contributed by atoms with Crippen molar-refractivity contribution in [3.8, 4) is 0 Å². The second-order valence-corrected chi connectivity index (χ2v) is 6.08. The van der Waals surface area contributed by atoms with E-state index in [-0.39, 0.29) is 5.97 Å². The maximum atomic E-state index is 12.3. The number of hydrogen-bond donors (Lipinski definition) is 1. The first-order valence-electron chi connectivity index (χ1n) is 7.00. The summed E-state index contributed by atoms with van der Waals surface area (Å²) < 4.78 is 5.31. The quantitative estimate of drug-likeness (QED) is 0.766. The molecule has 0 saturated heterocycles. The molecule has 3 heteroatoms. The van der Waals surface area contributed by atoms with Gasteiger partial charge < -0.3 is 4.74 Å². The van der Waals surface area contributed by atoms with E-state index in [1.165, 1.54) is 19.3 Å². The average Bonchev–Trinajstić information content (AvgIpc) is 3.00. The molecule has 0 amide bonds. The van der Waals surface area contributed by atoms with E-state index in [9.17, 15) is 4.79 Å². The molecule has 2 saturated carbocycles. The fourth-order valence-electron chi connectivity index (χ4n) is 3.36. The molecule has 2 aliphatic carbocycles. The first-order chi connectivity index (χ1) is 8.05. The molecule has 2 atom stereocenters. The van der Waals surface area contributed by atoms with Crippen LogP contribution >= 0.6 is 0 Å². The summed E-state index contributed by atoms with van der Waals surface area (Å²) in [7, 11) is 0. The van der Waals surface area contributed by atoms with Crippen molar-refractivity contribution in [1.82, 2.24) is 5.32 Å². The van der Waals surface area contributed by atoms with Crippen LogP contribution < -0.4 is 5.32 Å². The van der Waals surface area contributed by atoms with Crippen LogP contribution in [0.15, 0.2) is 0 Å². The van der Waals surface area contributed by atoms with Gasteiger partial charge in [-0.15, -0.1) is 0 Å². The molecule has 0 aromatic rings. The number of hydrogen-bond acceptors (Lipinski definition) is 3. The van der Waals surface area contributed by atoms with Gasteiger partial charge in [0.25, 0.3) is 0 Å². The summed E-state index contributed by atoms with van der Waals surface area (Å²) in [5, 5.41) is 3.58. The summed E-state index contributed by atoms with van der Waals surface area (Å²) in [6.07, 6.45) is 5.53. The molecule has 2 rings (SSSR count). The Morgan fingerprint density at radius 3 is 2.35 bits per heavy atom. The van der Waals surface area contributed by atoms with Gasteiger partial charge in [0.05, 0.1) is 6.61 Å². The van der Waals surface area contributed by atoms with E-state index in [1.54, 1.807) is 0 Å². The number of carbonyl (C=O) groups excluding carboxylic acids is 1. The Kier molecular flexibility index (Phi) is 3.76. The highest BCUT2D eigenvalue weighted by Crippen LogP contribution is 2.39. The van der Waals surface area contributed by atoms with Crippen molar-refractivity contribution in [3.05, 3.63) is 0 Å². The van der Waals surface area contributed by atoms with Crippen molar-refractivity contribution >= 4 is 5.97 Å². The van der Waals surface area contributed by atoms with Gasteiger partial charge in [0.15, 0.2) is 0 Å². The van der Waals surface area contributed by atoms with E-state index < -0.39 is 5.54 Å². The number of nitrogens with one attached hydrogen (secondary N) is 1. The lowest BCUT2D eigenvalue weighted by Gasteiger charge is -2.41. The Morgan fingerprint density at radius 1 is 1.29 bits per heavy atom. The van der Waals surface area contributed by atoms with Crippen LogP contribution in [0.4, 0.5) is 0 Å². The van der Waals surface area contributed by atoms with E-state index >= 15 is 0 Å². The summed E-state index contributed by atoms with van der Waals surface area (Å²) in [5.74, 6) is 1.19. The van der Waals surface area contributed by atoms with E-state index in [2.05, 4.69) is 19.2 Å². The summed E-state index contributed by atoms with van der Waals surface area (Å²) in [6.45, 7) is 6.87. The zero-order valence-corrected chi connectivity index (χ0v) is 11.3. The van der Waals surface area contributed by atoms with Crippen LogP contribution in [0.25, 0.3) is 0 Å². The molecule has 0 aliphatic heterocycles. The average molecular weight is 239 g/mol.